The van der Waals surface area contributed by atoms with Gasteiger partial charge in [-0.05, 0) is 104 Å². The molecule has 10 rings (SSSR count). The van der Waals surface area contributed by atoms with E-state index in [1.807, 2.05) is 172 Å². The Morgan fingerprint density at radius 3 is 1.47 bits per heavy atom. The Morgan fingerprint density at radius 1 is 0.548 bits per heavy atom. The largest absolute Gasteiger partial charge is 0.493 e. The van der Waals surface area contributed by atoms with Crippen molar-refractivity contribution >= 4 is 12.0 Å². The number of benzene rings is 6. The van der Waals surface area contributed by atoms with E-state index in [4.69, 9.17) is 34.0 Å². The van der Waals surface area contributed by atoms with E-state index in [1.165, 1.54) is 4.80 Å². The molecule has 4 heterocycles. The number of nitrogens with zero attached hydrogens (tertiary/aromatic N) is 10. The maximum atomic E-state index is 12.5. The molecule has 15 heteroatoms. The zero-order valence-electron chi connectivity index (χ0n) is 40.7. The van der Waals surface area contributed by atoms with Crippen LogP contribution in [0.2, 0.25) is 0 Å². The number of aromatic nitrogens is 8. The molecule has 0 bridgehead atoms. The van der Waals surface area contributed by atoms with Gasteiger partial charge in [0.25, 0.3) is 5.78 Å². The van der Waals surface area contributed by atoms with E-state index in [9.17, 15) is 4.79 Å². The lowest BCUT2D eigenvalue weighted by molar-refractivity contribution is 0.00228. The zero-order chi connectivity index (χ0) is 50.4. The molecule has 0 saturated heterocycles. The molecule has 10 aromatic rings. The number of oxazole rings is 2. The Bertz CT molecular complexity index is 3450. The third-order valence-electron chi connectivity index (χ3n) is 11.7. The minimum absolute atomic E-state index is 0.119. The standard InChI is InChI=1S/C29H24N6O3.C29H28N4O2/c1-20-25(32-29(38-20)22-10-4-2-5-11-22)15-16-37-24-14-8-9-21(17-24)18-26-28(27(36)19-31-30)34-35(33-26)23-12-6-3-7-13-23;1-3-26-28(32-33(31-26)24-14-8-5-9-15-24)20-22-11-10-16-25(19-22)34-18-17-27-21(2)35-29(30-27)23-12-6-4-7-13-23/h2-14,17,19H,15-16,18H2,1H3;4-16,19H,3,17-18,20H2,1-2H3. The summed E-state index contributed by atoms with van der Waals surface area (Å²) in [5.74, 6) is 3.83. The van der Waals surface area contributed by atoms with Crippen LogP contribution in [0.5, 0.6) is 11.5 Å². The third-order valence-corrected chi connectivity index (χ3v) is 11.7. The van der Waals surface area contributed by atoms with Crippen molar-refractivity contribution in [1.29, 1.82) is 0 Å². The van der Waals surface area contributed by atoms with Gasteiger partial charge in [0.05, 0.1) is 53.1 Å². The Kier molecular flexibility index (Phi) is 15.7. The summed E-state index contributed by atoms with van der Waals surface area (Å²) >= 11 is 0. The number of rotatable bonds is 19. The summed E-state index contributed by atoms with van der Waals surface area (Å²) in [6, 6.07) is 54.8. The maximum Gasteiger partial charge on any atom is 0.329 e. The molecule has 0 aliphatic carbocycles. The molecule has 0 atom stereocenters. The summed E-state index contributed by atoms with van der Waals surface area (Å²) in [6.07, 6.45) is 3.97. The molecule has 0 amide bonds. The van der Waals surface area contributed by atoms with E-state index in [0.29, 0.717) is 67.8 Å². The summed E-state index contributed by atoms with van der Waals surface area (Å²) in [4.78, 5) is 27.8. The zero-order valence-corrected chi connectivity index (χ0v) is 40.7. The Morgan fingerprint density at radius 2 is 0.986 bits per heavy atom. The van der Waals surface area contributed by atoms with E-state index in [2.05, 4.69) is 44.0 Å². The van der Waals surface area contributed by atoms with E-state index >= 15 is 0 Å². The van der Waals surface area contributed by atoms with Crippen LogP contribution in [0.4, 0.5) is 0 Å². The fraction of sp³-hybridized carbons (Fsp3) is 0.172. The van der Waals surface area contributed by atoms with Crippen molar-refractivity contribution in [2.75, 3.05) is 13.2 Å². The molecule has 0 saturated carbocycles. The second-order valence-electron chi connectivity index (χ2n) is 16.9. The number of carbonyl (C=O) groups excluding carboxylic acids is 1. The molecule has 73 heavy (non-hydrogen) atoms. The van der Waals surface area contributed by atoms with Crippen molar-refractivity contribution in [3.05, 3.63) is 232 Å². The van der Waals surface area contributed by atoms with Crippen molar-refractivity contribution in [3.63, 3.8) is 0 Å². The Hall–Kier alpha value is -9.33. The number of carbonyl (C=O) groups is 1. The lowest BCUT2D eigenvalue weighted by Gasteiger charge is -2.07. The van der Waals surface area contributed by atoms with Crippen LogP contribution in [0.15, 0.2) is 179 Å². The van der Waals surface area contributed by atoms with Crippen LogP contribution in [-0.4, -0.2) is 70.0 Å². The summed E-state index contributed by atoms with van der Waals surface area (Å²) in [7, 11) is 0. The lowest BCUT2D eigenvalue weighted by atomic mass is 10.1. The fourth-order valence-electron chi connectivity index (χ4n) is 8.03. The van der Waals surface area contributed by atoms with Crippen LogP contribution in [0, 0.1) is 13.8 Å². The average molecular weight is 969 g/mol. The molecule has 0 radical (unpaired) electrons. The number of Topliss-reactive ketones (excluding diaryl/α,β-unsaturated/α-hetero) is 1. The van der Waals surface area contributed by atoms with Crippen LogP contribution >= 0.6 is 0 Å². The molecule has 0 N–H and O–H groups in total. The third kappa shape index (κ3) is 12.5. The molecule has 4 aromatic heterocycles. The van der Waals surface area contributed by atoms with Gasteiger partial charge in [0.15, 0.2) is 5.69 Å². The molecule has 364 valence electrons. The van der Waals surface area contributed by atoms with Crippen LogP contribution in [0.25, 0.3) is 39.8 Å². The van der Waals surface area contributed by atoms with Gasteiger partial charge in [-0.3, -0.25) is 4.79 Å². The highest BCUT2D eigenvalue weighted by Gasteiger charge is 2.22. The Labute approximate surface area is 422 Å². The normalized spacial score (nSPS) is 10.8. The molecule has 6 aromatic carbocycles. The topological polar surface area (TPSA) is 185 Å². The number of ether oxygens (including phenoxy) is 2. The smallest absolute Gasteiger partial charge is 0.329 e. The van der Waals surface area contributed by atoms with Crippen molar-refractivity contribution in [1.82, 2.24) is 40.0 Å². The van der Waals surface area contributed by atoms with Gasteiger partial charge in [-0.1, -0.05) is 104 Å². The highest BCUT2D eigenvalue weighted by Crippen LogP contribution is 2.25. The molecule has 0 unspecified atom stereocenters. The van der Waals surface area contributed by atoms with Gasteiger partial charge in [-0.15, -0.1) is 5.10 Å². The molecule has 0 aliphatic rings. The van der Waals surface area contributed by atoms with Crippen LogP contribution in [-0.2, 0) is 32.1 Å². The molecule has 0 fully saturated rings. The van der Waals surface area contributed by atoms with Crippen LogP contribution in [0.3, 0.4) is 0 Å². The number of para-hydroxylation sites is 2. The van der Waals surface area contributed by atoms with E-state index in [-0.39, 0.29) is 5.69 Å². The first kappa shape index (κ1) is 48.7. The SMILES string of the molecule is CCc1nn(-c2ccccc2)nc1Cc1cccc(OCCc2nc(-c3ccccc3)oc2C)c1.Cc1oc(-c2ccccc2)nc1CCOc1cccc(Cc2nn(-c3ccccc3)nc2C(=O)C=[N+]=[N-])c1. The number of aryl methyl sites for hydroxylation is 3. The van der Waals surface area contributed by atoms with Gasteiger partial charge in [-0.25, -0.2) is 9.97 Å². The molecule has 0 aliphatic heterocycles. The second kappa shape index (κ2) is 23.5. The highest BCUT2D eigenvalue weighted by molar-refractivity contribution is 6.33. The van der Waals surface area contributed by atoms with E-state index in [1.54, 1.807) is 4.80 Å². The van der Waals surface area contributed by atoms with Crippen molar-refractivity contribution in [3.8, 4) is 45.8 Å². The lowest BCUT2D eigenvalue weighted by Crippen LogP contribution is -2.07. The molecule has 0 spiro atoms. The first-order valence-corrected chi connectivity index (χ1v) is 24.0. The van der Waals surface area contributed by atoms with Gasteiger partial charge >= 0.3 is 6.21 Å². The minimum atomic E-state index is -0.532. The summed E-state index contributed by atoms with van der Waals surface area (Å²) in [5.41, 5.74) is 18.8. The fourth-order valence-corrected chi connectivity index (χ4v) is 8.03. The summed E-state index contributed by atoms with van der Waals surface area (Å²) in [6.45, 7) is 6.90. The van der Waals surface area contributed by atoms with E-state index < -0.39 is 5.78 Å². The highest BCUT2D eigenvalue weighted by atomic mass is 16.5. The molecular formula is C58H52N10O5. The van der Waals surface area contributed by atoms with Gasteiger partial charge < -0.3 is 23.8 Å². The monoisotopic (exact) mass is 968 g/mol. The van der Waals surface area contributed by atoms with Gasteiger partial charge in [-0.2, -0.15) is 29.7 Å². The summed E-state index contributed by atoms with van der Waals surface area (Å²) < 4.78 is 23.8. The predicted molar refractivity (Wildman–Crippen MR) is 276 cm³/mol. The van der Waals surface area contributed by atoms with Crippen molar-refractivity contribution in [2.24, 2.45) is 0 Å². The quantitative estimate of drug-likeness (QED) is 0.0325. The van der Waals surface area contributed by atoms with Crippen molar-refractivity contribution in [2.45, 2.75) is 52.9 Å². The second-order valence-corrected chi connectivity index (χ2v) is 16.9. The Balaban J connectivity index is 0.000000180. The molecule has 15 nitrogen and oxygen atoms in total. The predicted octanol–water partition coefficient (Wildman–Crippen LogP) is 10.9. The first-order valence-electron chi connectivity index (χ1n) is 24.0. The minimum Gasteiger partial charge on any atom is -0.493 e. The van der Waals surface area contributed by atoms with Crippen molar-refractivity contribution < 1.29 is 27.9 Å². The number of hydrogen-bond acceptors (Lipinski definition) is 11. The summed E-state index contributed by atoms with van der Waals surface area (Å²) in [5, 5.41) is 18.3. The van der Waals surface area contributed by atoms with Gasteiger partial charge in [0.2, 0.25) is 11.8 Å². The van der Waals surface area contributed by atoms with Crippen LogP contribution in [0.1, 0.15) is 68.5 Å². The first-order chi connectivity index (χ1) is 35.8. The van der Waals surface area contributed by atoms with Gasteiger partial charge in [0.1, 0.15) is 23.0 Å². The van der Waals surface area contributed by atoms with E-state index in [0.717, 1.165) is 80.6 Å². The van der Waals surface area contributed by atoms with Crippen LogP contribution < -0.4 is 9.47 Å². The average Bonchev–Trinajstić information content (AvgIpc) is 4.23. The molecular weight excluding hydrogens is 917 g/mol. The maximum absolute atomic E-state index is 12.5. The number of ketones is 1. The van der Waals surface area contributed by atoms with Gasteiger partial charge in [0, 0.05) is 36.8 Å². The number of hydrogen-bond donors (Lipinski definition) is 0.